The molecule has 2 atom stereocenters. The zero-order chi connectivity index (χ0) is 15.0. The van der Waals surface area contributed by atoms with E-state index in [1.54, 1.807) is 0 Å². The van der Waals surface area contributed by atoms with Gasteiger partial charge in [-0.05, 0) is 0 Å². The number of allylic oxidation sites excluding steroid dienone is 8. The third-order valence-electron chi connectivity index (χ3n) is 3.14. The van der Waals surface area contributed by atoms with E-state index >= 15 is 0 Å². The molecular formula is C18H31Cl2SiZr. The SMILES string of the molecule is CC1=[C-]C(C)C(C)=C1.CC1=[C-]C(C)C(C)=C1.C[SiH]C.Cl.Cl.[Zr+2]. The van der Waals surface area contributed by atoms with Gasteiger partial charge in [-0.15, -0.1) is 24.8 Å². The molecule has 125 valence electrons. The van der Waals surface area contributed by atoms with Gasteiger partial charge in [0.05, 0.1) is 0 Å². The second kappa shape index (κ2) is 16.5. The van der Waals surface area contributed by atoms with Gasteiger partial charge in [-0.1, -0.05) is 66.5 Å². The largest absolute Gasteiger partial charge is 2.00 e. The monoisotopic (exact) mass is 435 g/mol. The molecule has 0 amide bonds. The van der Waals surface area contributed by atoms with Gasteiger partial charge in [0.15, 0.2) is 0 Å². The van der Waals surface area contributed by atoms with Crippen LogP contribution in [0.25, 0.3) is 0 Å². The van der Waals surface area contributed by atoms with Crippen LogP contribution in [0.1, 0.15) is 41.5 Å². The Morgan fingerprint density at radius 3 is 1.05 bits per heavy atom. The predicted octanol–water partition coefficient (Wildman–Crippen LogP) is 6.02. The van der Waals surface area contributed by atoms with E-state index in [1.165, 1.54) is 22.3 Å². The minimum Gasteiger partial charge on any atom is -0.266 e. The van der Waals surface area contributed by atoms with E-state index in [0.717, 1.165) is 9.52 Å². The average Bonchev–Trinajstić information content (AvgIpc) is 2.72. The fourth-order valence-corrected chi connectivity index (χ4v) is 1.93. The number of hydrogen-bond acceptors (Lipinski definition) is 0. The van der Waals surface area contributed by atoms with Crippen molar-refractivity contribution in [1.82, 2.24) is 0 Å². The second-order valence-corrected chi connectivity index (χ2v) is 6.61. The van der Waals surface area contributed by atoms with E-state index < -0.39 is 0 Å². The van der Waals surface area contributed by atoms with Crippen molar-refractivity contribution in [3.8, 4) is 0 Å². The minimum atomic E-state index is 0. The summed E-state index contributed by atoms with van der Waals surface area (Å²) in [6.45, 7) is 17.2. The van der Waals surface area contributed by atoms with Crippen LogP contribution in [0, 0.1) is 24.0 Å². The molecule has 0 aromatic heterocycles. The summed E-state index contributed by atoms with van der Waals surface area (Å²) in [6.07, 6.45) is 11.0. The maximum Gasteiger partial charge on any atom is 2.00 e. The molecule has 0 nitrogen and oxygen atoms in total. The summed E-state index contributed by atoms with van der Waals surface area (Å²) in [4.78, 5) is 0. The summed E-state index contributed by atoms with van der Waals surface area (Å²) in [5.74, 6) is 1.13. The fourth-order valence-electron chi connectivity index (χ4n) is 1.93. The molecule has 1 radical (unpaired) electrons. The maximum atomic E-state index is 3.29. The topological polar surface area (TPSA) is 0 Å². The number of halogens is 2. The zero-order valence-electron chi connectivity index (χ0n) is 15.2. The first-order valence-corrected chi connectivity index (χ1v) is 9.43. The molecule has 0 N–H and O–H groups in total. The molecule has 0 aliphatic heterocycles. The van der Waals surface area contributed by atoms with Crippen molar-refractivity contribution in [2.24, 2.45) is 11.8 Å². The summed E-state index contributed by atoms with van der Waals surface area (Å²) >= 11 is 0. The van der Waals surface area contributed by atoms with E-state index in [-0.39, 0.29) is 51.0 Å². The van der Waals surface area contributed by atoms with Gasteiger partial charge in [0.1, 0.15) is 0 Å². The molecule has 0 heterocycles. The smallest absolute Gasteiger partial charge is 0.266 e. The van der Waals surface area contributed by atoms with E-state index in [9.17, 15) is 0 Å². The molecule has 2 unspecified atom stereocenters. The van der Waals surface area contributed by atoms with Crippen molar-refractivity contribution in [2.45, 2.75) is 54.6 Å². The first kappa shape index (κ1) is 30.5. The molecule has 4 heteroatoms. The van der Waals surface area contributed by atoms with E-state index in [1.807, 2.05) is 0 Å². The number of hydrogen-bond donors (Lipinski definition) is 0. The molecule has 0 saturated carbocycles. The van der Waals surface area contributed by atoms with Crippen molar-refractivity contribution in [3.05, 3.63) is 46.6 Å². The normalized spacial score (nSPS) is 20.9. The summed E-state index contributed by atoms with van der Waals surface area (Å²) in [5.41, 5.74) is 5.44. The summed E-state index contributed by atoms with van der Waals surface area (Å²) in [7, 11) is 0.750. The molecule has 2 aliphatic carbocycles. The van der Waals surface area contributed by atoms with Gasteiger partial charge in [-0.25, -0.2) is 23.3 Å². The van der Waals surface area contributed by atoms with E-state index in [4.69, 9.17) is 0 Å². The molecule has 0 bridgehead atoms. The Labute approximate surface area is 172 Å². The standard InChI is InChI=1S/2C8H11.C2H7Si.2ClH.Zr/c2*1-6-4-7(2)8(3)5-6;1-3-2;;;/h2*4,8H,1-3H3;3H,1-2H3;2*1H;/q2*-1;;;;+2. The molecule has 0 fully saturated rings. The quantitative estimate of drug-likeness (QED) is 0.321. The maximum absolute atomic E-state index is 3.29. The first-order valence-electron chi connectivity index (χ1n) is 7.12. The fraction of sp³-hybridized carbons (Fsp3) is 0.556. The molecule has 0 saturated heterocycles. The zero-order valence-corrected chi connectivity index (χ0v) is 20.4. The van der Waals surface area contributed by atoms with Crippen LogP contribution in [0.4, 0.5) is 0 Å². The molecule has 0 aromatic rings. The molecule has 2 aliphatic rings. The average molecular weight is 438 g/mol. The molecule has 2 rings (SSSR count). The Bertz CT molecular complexity index is 371. The van der Waals surface area contributed by atoms with Crippen molar-refractivity contribution < 1.29 is 26.2 Å². The van der Waals surface area contributed by atoms with Gasteiger partial charge < -0.3 is 0 Å². The Hall–Kier alpha value is 0.640. The van der Waals surface area contributed by atoms with Crippen LogP contribution in [0.3, 0.4) is 0 Å². The van der Waals surface area contributed by atoms with Gasteiger partial charge in [0.2, 0.25) is 0 Å². The van der Waals surface area contributed by atoms with Crippen molar-refractivity contribution in [1.29, 1.82) is 0 Å². The first-order chi connectivity index (χ1) is 8.81. The third kappa shape index (κ3) is 13.1. The van der Waals surface area contributed by atoms with Gasteiger partial charge in [0.25, 0.3) is 0 Å². The van der Waals surface area contributed by atoms with Crippen LogP contribution in [0.2, 0.25) is 13.1 Å². The summed E-state index contributed by atoms with van der Waals surface area (Å²) in [5, 5.41) is 0. The van der Waals surface area contributed by atoms with Gasteiger partial charge in [-0.3, -0.25) is 12.2 Å². The Morgan fingerprint density at radius 1 is 0.773 bits per heavy atom. The molecule has 22 heavy (non-hydrogen) atoms. The second-order valence-electron chi connectivity index (χ2n) is 5.45. The van der Waals surface area contributed by atoms with Crippen molar-refractivity contribution in [3.63, 3.8) is 0 Å². The van der Waals surface area contributed by atoms with Gasteiger partial charge in [-0.2, -0.15) is 11.1 Å². The van der Waals surface area contributed by atoms with E-state index in [2.05, 4.69) is 78.9 Å². The minimum absolute atomic E-state index is 0. The van der Waals surface area contributed by atoms with E-state index in [0.29, 0.717) is 11.8 Å². The van der Waals surface area contributed by atoms with Crippen LogP contribution >= 0.6 is 24.8 Å². The van der Waals surface area contributed by atoms with Crippen LogP contribution in [-0.4, -0.2) is 9.52 Å². The summed E-state index contributed by atoms with van der Waals surface area (Å²) in [6, 6.07) is 0. The van der Waals surface area contributed by atoms with Crippen LogP contribution in [0.15, 0.2) is 34.4 Å². The predicted molar refractivity (Wildman–Crippen MR) is 104 cm³/mol. The molecule has 0 spiro atoms. The summed E-state index contributed by atoms with van der Waals surface area (Å²) < 4.78 is 0. The Kier molecular flexibility index (Phi) is 22.9. The van der Waals surface area contributed by atoms with Crippen LogP contribution in [-0.2, 0) is 26.2 Å². The van der Waals surface area contributed by atoms with Crippen molar-refractivity contribution >= 4 is 34.3 Å². The molecular weight excluding hydrogens is 406 g/mol. The van der Waals surface area contributed by atoms with Crippen LogP contribution in [0.5, 0.6) is 0 Å². The van der Waals surface area contributed by atoms with Crippen molar-refractivity contribution in [2.75, 3.05) is 0 Å². The molecule has 0 aromatic carbocycles. The Balaban J connectivity index is -0.000000112. The van der Waals surface area contributed by atoms with Crippen LogP contribution < -0.4 is 0 Å². The number of rotatable bonds is 0. The van der Waals surface area contributed by atoms with Gasteiger partial charge >= 0.3 is 26.2 Å². The Morgan fingerprint density at radius 2 is 1.00 bits per heavy atom. The van der Waals surface area contributed by atoms with Gasteiger partial charge in [0, 0.05) is 9.52 Å². The third-order valence-corrected chi connectivity index (χ3v) is 3.14.